The minimum atomic E-state index is 0.00728. The lowest BCUT2D eigenvalue weighted by Crippen LogP contribution is -2.12. The molecule has 0 bridgehead atoms. The quantitative estimate of drug-likeness (QED) is 0.758. The van der Waals surface area contributed by atoms with E-state index < -0.39 is 0 Å². The van der Waals surface area contributed by atoms with Gasteiger partial charge in [0.05, 0.1) is 6.61 Å². The Balaban J connectivity index is 1.52. The molecule has 2 aromatic rings. The smallest absolute Gasteiger partial charge is 0.224 e. The van der Waals surface area contributed by atoms with Crippen LogP contribution in [0.2, 0.25) is 0 Å². The van der Waals surface area contributed by atoms with Gasteiger partial charge in [-0.3, -0.25) is 9.78 Å². The van der Waals surface area contributed by atoms with Crippen LogP contribution in [0.15, 0.2) is 54.9 Å². The number of rotatable bonds is 8. The van der Waals surface area contributed by atoms with Crippen LogP contribution in [0, 0.1) is 0 Å². The first kappa shape index (κ1) is 15.2. The van der Waals surface area contributed by atoms with Gasteiger partial charge in [-0.15, -0.1) is 0 Å². The van der Waals surface area contributed by atoms with Crippen molar-refractivity contribution in [1.29, 1.82) is 0 Å². The maximum atomic E-state index is 11.7. The highest BCUT2D eigenvalue weighted by Crippen LogP contribution is 2.05. The number of carbonyl (C=O) groups excluding carboxylic acids is 1. The van der Waals surface area contributed by atoms with Gasteiger partial charge in [0.1, 0.15) is 0 Å². The molecule has 4 heteroatoms. The van der Waals surface area contributed by atoms with Crippen molar-refractivity contribution in [3.8, 4) is 0 Å². The number of nitrogens with one attached hydrogen (secondary N) is 1. The molecule has 4 nitrogen and oxygen atoms in total. The third kappa shape index (κ3) is 6.19. The molecular formula is C17H20N2O2. The van der Waals surface area contributed by atoms with E-state index in [4.69, 9.17) is 4.74 Å². The number of anilines is 1. The van der Waals surface area contributed by atoms with Crippen LogP contribution in [-0.4, -0.2) is 24.1 Å². The van der Waals surface area contributed by atoms with Crippen molar-refractivity contribution in [2.75, 3.05) is 18.5 Å². The largest absolute Gasteiger partial charge is 0.381 e. The summed E-state index contributed by atoms with van der Waals surface area (Å²) in [4.78, 5) is 15.6. The van der Waals surface area contributed by atoms with Crippen molar-refractivity contribution < 1.29 is 9.53 Å². The Labute approximate surface area is 125 Å². The first-order chi connectivity index (χ1) is 10.3. The van der Waals surface area contributed by atoms with Crippen LogP contribution in [0.1, 0.15) is 18.4 Å². The summed E-state index contributed by atoms with van der Waals surface area (Å²) in [5, 5.41) is 2.82. The zero-order chi connectivity index (χ0) is 14.8. The molecule has 0 fully saturated rings. The summed E-state index contributed by atoms with van der Waals surface area (Å²) in [6.45, 7) is 1.30. The van der Waals surface area contributed by atoms with E-state index in [9.17, 15) is 4.79 Å². The van der Waals surface area contributed by atoms with Crippen molar-refractivity contribution in [3.63, 3.8) is 0 Å². The van der Waals surface area contributed by atoms with E-state index in [-0.39, 0.29) is 5.91 Å². The number of amides is 1. The first-order valence-corrected chi connectivity index (χ1v) is 7.16. The highest BCUT2D eigenvalue weighted by molar-refractivity contribution is 5.90. The highest BCUT2D eigenvalue weighted by Gasteiger charge is 2.01. The summed E-state index contributed by atoms with van der Waals surface area (Å²) in [5.74, 6) is 0.00728. The Bertz CT molecular complexity index is 529. The number of pyridine rings is 1. The number of nitrogens with zero attached hydrogens (tertiary/aromatic N) is 1. The lowest BCUT2D eigenvalue weighted by molar-refractivity contribution is -0.116. The fourth-order valence-corrected chi connectivity index (χ4v) is 1.93. The number of ether oxygens (including phenoxy) is 1. The summed E-state index contributed by atoms with van der Waals surface area (Å²) in [6.07, 6.45) is 5.41. The first-order valence-electron chi connectivity index (χ1n) is 7.16. The average molecular weight is 284 g/mol. The molecule has 0 saturated carbocycles. The molecule has 0 spiro atoms. The molecule has 1 amide bonds. The van der Waals surface area contributed by atoms with Gasteiger partial charge in [0.25, 0.3) is 0 Å². The molecular weight excluding hydrogens is 264 g/mol. The summed E-state index contributed by atoms with van der Waals surface area (Å²) in [6, 6.07) is 13.8. The fourth-order valence-electron chi connectivity index (χ4n) is 1.93. The fraction of sp³-hybridized carbons (Fsp3) is 0.294. The van der Waals surface area contributed by atoms with Crippen LogP contribution in [0.5, 0.6) is 0 Å². The average Bonchev–Trinajstić information content (AvgIpc) is 2.53. The van der Waals surface area contributed by atoms with Crippen molar-refractivity contribution in [3.05, 3.63) is 60.4 Å². The van der Waals surface area contributed by atoms with E-state index in [1.807, 2.05) is 18.2 Å². The molecule has 0 unspecified atom stereocenters. The van der Waals surface area contributed by atoms with Gasteiger partial charge in [-0.05, 0) is 30.5 Å². The molecule has 0 radical (unpaired) electrons. The van der Waals surface area contributed by atoms with Crippen LogP contribution >= 0.6 is 0 Å². The Hall–Kier alpha value is -2.20. The number of benzene rings is 1. The summed E-state index contributed by atoms with van der Waals surface area (Å²) >= 11 is 0. The molecule has 110 valence electrons. The number of hydrogen-bond donors (Lipinski definition) is 1. The number of aromatic nitrogens is 1. The van der Waals surface area contributed by atoms with Gasteiger partial charge < -0.3 is 10.1 Å². The van der Waals surface area contributed by atoms with Crippen LogP contribution in [0.25, 0.3) is 0 Å². The lowest BCUT2D eigenvalue weighted by Gasteiger charge is -2.06. The summed E-state index contributed by atoms with van der Waals surface area (Å²) in [7, 11) is 0. The van der Waals surface area contributed by atoms with Crippen molar-refractivity contribution >= 4 is 11.6 Å². The van der Waals surface area contributed by atoms with E-state index >= 15 is 0 Å². The van der Waals surface area contributed by atoms with Gasteiger partial charge in [0.2, 0.25) is 5.91 Å². The molecule has 2 rings (SSSR count). The molecule has 0 atom stereocenters. The summed E-state index contributed by atoms with van der Waals surface area (Å²) < 4.78 is 5.55. The van der Waals surface area contributed by atoms with Gasteiger partial charge in [0.15, 0.2) is 0 Å². The monoisotopic (exact) mass is 284 g/mol. The zero-order valence-corrected chi connectivity index (χ0v) is 12.0. The van der Waals surface area contributed by atoms with Crippen LogP contribution < -0.4 is 5.32 Å². The molecule has 0 aliphatic heterocycles. The van der Waals surface area contributed by atoms with Crippen molar-refractivity contribution in [2.45, 2.75) is 19.3 Å². The van der Waals surface area contributed by atoms with Gasteiger partial charge in [-0.25, -0.2) is 0 Å². The predicted molar refractivity (Wildman–Crippen MR) is 83.1 cm³/mol. The van der Waals surface area contributed by atoms with E-state index in [1.54, 1.807) is 24.5 Å². The van der Waals surface area contributed by atoms with Crippen molar-refractivity contribution in [2.24, 2.45) is 0 Å². The molecule has 21 heavy (non-hydrogen) atoms. The Morgan fingerprint density at radius 2 is 1.81 bits per heavy atom. The molecule has 0 aliphatic rings. The Morgan fingerprint density at radius 1 is 1.05 bits per heavy atom. The lowest BCUT2D eigenvalue weighted by atomic mass is 10.2. The minimum Gasteiger partial charge on any atom is -0.381 e. The Morgan fingerprint density at radius 3 is 2.57 bits per heavy atom. The summed E-state index contributed by atoms with van der Waals surface area (Å²) in [5.41, 5.74) is 2.05. The maximum absolute atomic E-state index is 11.7. The number of hydrogen-bond acceptors (Lipinski definition) is 3. The number of carbonyl (C=O) groups is 1. The SMILES string of the molecule is O=C(CCCOCCc1ccccc1)Nc1ccncc1. The van der Waals surface area contributed by atoms with E-state index in [0.29, 0.717) is 19.6 Å². The van der Waals surface area contributed by atoms with Gasteiger partial charge in [0, 0.05) is 31.1 Å². The van der Waals surface area contributed by atoms with Crippen LogP contribution in [-0.2, 0) is 16.0 Å². The van der Waals surface area contributed by atoms with Crippen LogP contribution in [0.4, 0.5) is 5.69 Å². The third-order valence-electron chi connectivity index (χ3n) is 3.03. The minimum absolute atomic E-state index is 0.00728. The highest BCUT2D eigenvalue weighted by atomic mass is 16.5. The third-order valence-corrected chi connectivity index (χ3v) is 3.03. The molecule has 1 aromatic heterocycles. The topological polar surface area (TPSA) is 51.2 Å². The van der Waals surface area contributed by atoms with Crippen LogP contribution in [0.3, 0.4) is 0 Å². The van der Waals surface area contributed by atoms with Gasteiger partial charge >= 0.3 is 0 Å². The van der Waals surface area contributed by atoms with E-state index in [2.05, 4.69) is 22.4 Å². The second-order valence-electron chi connectivity index (χ2n) is 4.74. The van der Waals surface area contributed by atoms with E-state index in [0.717, 1.165) is 18.5 Å². The van der Waals surface area contributed by atoms with Gasteiger partial charge in [-0.2, -0.15) is 0 Å². The standard InChI is InChI=1S/C17H20N2O2/c20-17(19-16-8-11-18-12-9-16)7-4-13-21-14-10-15-5-2-1-3-6-15/h1-3,5-6,8-9,11-12H,4,7,10,13-14H2,(H,18,19,20). The second-order valence-corrected chi connectivity index (χ2v) is 4.74. The normalized spacial score (nSPS) is 10.3. The second kappa shape index (κ2) is 8.87. The Kier molecular flexibility index (Phi) is 6.42. The molecule has 1 N–H and O–H groups in total. The predicted octanol–water partition coefficient (Wildman–Crippen LogP) is 3.06. The maximum Gasteiger partial charge on any atom is 0.224 e. The molecule has 0 saturated heterocycles. The zero-order valence-electron chi connectivity index (χ0n) is 12.0. The van der Waals surface area contributed by atoms with E-state index in [1.165, 1.54) is 5.56 Å². The van der Waals surface area contributed by atoms with Gasteiger partial charge in [-0.1, -0.05) is 30.3 Å². The van der Waals surface area contributed by atoms with Crippen molar-refractivity contribution in [1.82, 2.24) is 4.98 Å². The molecule has 1 aromatic carbocycles. The molecule has 0 aliphatic carbocycles. The molecule has 1 heterocycles.